The van der Waals surface area contributed by atoms with E-state index in [0.717, 1.165) is 0 Å². The summed E-state index contributed by atoms with van der Waals surface area (Å²) in [6.45, 7) is 5.15. The van der Waals surface area contributed by atoms with Crippen LogP contribution in [0, 0.1) is 0 Å². The van der Waals surface area contributed by atoms with Gasteiger partial charge in [-0.05, 0) is 20.8 Å². The van der Waals surface area contributed by atoms with Crippen LogP contribution in [-0.4, -0.2) is 29.7 Å². The molecule has 0 radical (unpaired) electrons. The van der Waals surface area contributed by atoms with E-state index in [-0.39, 0.29) is 12.1 Å². The van der Waals surface area contributed by atoms with Crippen LogP contribution in [0.2, 0.25) is 0 Å². The molecule has 1 N–H and O–H groups in total. The number of carbonyl (C=O) groups excluding carboxylic acids is 1. The molecule has 1 unspecified atom stereocenters. The Hall–Kier alpha value is -1.20. The van der Waals surface area contributed by atoms with Crippen LogP contribution in [0.1, 0.15) is 27.2 Å². The number of ether oxygens (including phenoxy) is 1. The largest absolute Gasteiger partial charge is 0.458 e. The van der Waals surface area contributed by atoms with Crippen molar-refractivity contribution in [2.24, 2.45) is 5.10 Å². The van der Waals surface area contributed by atoms with E-state index in [1.165, 1.54) is 0 Å². The lowest BCUT2D eigenvalue weighted by molar-refractivity contribution is -0.157. The van der Waals surface area contributed by atoms with Crippen molar-refractivity contribution in [2.75, 3.05) is 0 Å². The number of hydrogen-bond acceptors (Lipinski definition) is 4. The smallest absolute Gasteiger partial charge is 0.331 e. The molecule has 0 aliphatic carbocycles. The van der Waals surface area contributed by atoms with Crippen LogP contribution in [0.4, 0.5) is 8.78 Å². The lowest BCUT2D eigenvalue weighted by atomic mass is 10.1. The number of halogens is 2. The number of rotatable bonds is 2. The van der Waals surface area contributed by atoms with Gasteiger partial charge in [0.1, 0.15) is 17.4 Å². The summed E-state index contributed by atoms with van der Waals surface area (Å²) in [7, 11) is 0. The molecule has 1 heterocycles. The number of carbonyl (C=O) groups is 1. The van der Waals surface area contributed by atoms with Crippen molar-refractivity contribution in [3.63, 3.8) is 0 Å². The summed E-state index contributed by atoms with van der Waals surface area (Å²) >= 11 is 0. The third-order valence-electron chi connectivity index (χ3n) is 1.72. The van der Waals surface area contributed by atoms with Gasteiger partial charge >= 0.3 is 5.97 Å². The molecule has 0 bridgehead atoms. The van der Waals surface area contributed by atoms with E-state index >= 15 is 0 Å². The molecule has 15 heavy (non-hydrogen) atoms. The van der Waals surface area contributed by atoms with E-state index in [0.29, 0.717) is 0 Å². The fourth-order valence-electron chi connectivity index (χ4n) is 1.11. The van der Waals surface area contributed by atoms with Gasteiger partial charge in [-0.2, -0.15) is 5.10 Å². The number of hydrogen-bond donors (Lipinski definition) is 1. The van der Waals surface area contributed by atoms with Gasteiger partial charge in [0.2, 0.25) is 0 Å². The van der Waals surface area contributed by atoms with Gasteiger partial charge in [0.15, 0.2) is 0 Å². The molecule has 4 nitrogen and oxygen atoms in total. The lowest BCUT2D eigenvalue weighted by Gasteiger charge is -2.21. The van der Waals surface area contributed by atoms with E-state index in [9.17, 15) is 13.6 Å². The normalized spacial score (nSPS) is 21.2. The molecule has 1 rings (SSSR count). The second kappa shape index (κ2) is 4.12. The monoisotopic (exact) mass is 220 g/mol. The van der Waals surface area contributed by atoms with E-state index in [2.05, 4.69) is 10.5 Å². The van der Waals surface area contributed by atoms with Gasteiger partial charge in [0, 0.05) is 6.42 Å². The maximum absolute atomic E-state index is 12.2. The van der Waals surface area contributed by atoms with Gasteiger partial charge in [-0.15, -0.1) is 0 Å². The summed E-state index contributed by atoms with van der Waals surface area (Å²) in [5.74, 6) is -0.554. The Morgan fingerprint density at radius 3 is 2.60 bits per heavy atom. The third kappa shape index (κ3) is 3.45. The Kier molecular flexibility index (Phi) is 3.26. The minimum Gasteiger partial charge on any atom is -0.458 e. The van der Waals surface area contributed by atoms with Gasteiger partial charge in [-0.3, -0.25) is 5.43 Å². The molecule has 6 heteroatoms. The number of esters is 1. The minimum atomic E-state index is -2.62. The number of nitrogens with one attached hydrogen (secondary N) is 1. The highest BCUT2D eigenvalue weighted by atomic mass is 19.3. The molecule has 0 aromatic carbocycles. The van der Waals surface area contributed by atoms with Gasteiger partial charge in [-0.25, -0.2) is 13.6 Å². The van der Waals surface area contributed by atoms with E-state index in [1.807, 2.05) is 0 Å². The Morgan fingerprint density at radius 1 is 1.60 bits per heavy atom. The van der Waals surface area contributed by atoms with Crippen molar-refractivity contribution in [1.82, 2.24) is 5.43 Å². The summed E-state index contributed by atoms with van der Waals surface area (Å²) in [4.78, 5) is 11.4. The highest BCUT2D eigenvalue weighted by Gasteiger charge is 2.32. The highest BCUT2D eigenvalue weighted by Crippen LogP contribution is 2.15. The van der Waals surface area contributed by atoms with Crippen LogP contribution in [-0.2, 0) is 9.53 Å². The van der Waals surface area contributed by atoms with Crippen LogP contribution >= 0.6 is 0 Å². The number of alkyl halides is 2. The first-order valence-electron chi connectivity index (χ1n) is 4.62. The molecule has 1 aliphatic rings. The van der Waals surface area contributed by atoms with Crippen LogP contribution in [0.25, 0.3) is 0 Å². The van der Waals surface area contributed by atoms with Crippen molar-refractivity contribution in [1.29, 1.82) is 0 Å². The molecular weight excluding hydrogens is 206 g/mol. The second-order valence-electron chi connectivity index (χ2n) is 4.32. The molecule has 0 saturated heterocycles. The molecule has 0 aromatic heterocycles. The zero-order valence-electron chi connectivity index (χ0n) is 8.88. The van der Waals surface area contributed by atoms with E-state index in [4.69, 9.17) is 4.74 Å². The van der Waals surface area contributed by atoms with Crippen LogP contribution in [0.3, 0.4) is 0 Å². The quantitative estimate of drug-likeness (QED) is 0.714. The van der Waals surface area contributed by atoms with Gasteiger partial charge in [0.05, 0.1) is 0 Å². The Morgan fingerprint density at radius 2 is 2.20 bits per heavy atom. The number of nitrogens with zero attached hydrogens (tertiary/aromatic N) is 1. The van der Waals surface area contributed by atoms with Gasteiger partial charge < -0.3 is 4.74 Å². The van der Waals surface area contributed by atoms with Crippen LogP contribution in [0.15, 0.2) is 5.10 Å². The molecule has 0 saturated carbocycles. The SMILES string of the molecule is CC(C)(C)OC(=O)C1CC(C(F)F)=NN1. The average Bonchev–Trinajstić information content (AvgIpc) is 2.47. The standard InChI is InChI=1S/C9H14F2N2O2/c1-9(2,3)15-8(14)6-4-5(7(10)11)12-13-6/h6-7,13H,4H2,1-3H3. The average molecular weight is 220 g/mol. The predicted octanol–water partition coefficient (Wildman–Crippen LogP) is 1.31. The first-order chi connectivity index (χ1) is 6.79. The first kappa shape index (κ1) is 11.9. The fraction of sp³-hybridized carbons (Fsp3) is 0.778. The summed E-state index contributed by atoms with van der Waals surface area (Å²) in [6, 6.07) is -0.784. The predicted molar refractivity (Wildman–Crippen MR) is 50.8 cm³/mol. The topological polar surface area (TPSA) is 50.7 Å². The molecule has 1 aliphatic heterocycles. The van der Waals surface area contributed by atoms with Crippen LogP contribution < -0.4 is 5.43 Å². The van der Waals surface area contributed by atoms with Crippen molar-refractivity contribution >= 4 is 11.7 Å². The van der Waals surface area contributed by atoms with Crippen LogP contribution in [0.5, 0.6) is 0 Å². The van der Waals surface area contributed by atoms with Crippen molar-refractivity contribution in [3.05, 3.63) is 0 Å². The molecule has 0 amide bonds. The molecular formula is C9H14F2N2O2. The fourth-order valence-corrected chi connectivity index (χ4v) is 1.11. The van der Waals surface area contributed by atoms with E-state index in [1.54, 1.807) is 20.8 Å². The van der Waals surface area contributed by atoms with Crippen molar-refractivity contribution < 1.29 is 18.3 Å². The van der Waals surface area contributed by atoms with Crippen molar-refractivity contribution in [3.8, 4) is 0 Å². The molecule has 0 aromatic rings. The summed E-state index contributed by atoms with van der Waals surface area (Å²) in [5, 5.41) is 3.38. The summed E-state index contributed by atoms with van der Waals surface area (Å²) < 4.78 is 29.4. The Labute approximate surface area is 86.7 Å². The third-order valence-corrected chi connectivity index (χ3v) is 1.72. The minimum absolute atomic E-state index is 0.0907. The zero-order chi connectivity index (χ0) is 11.6. The summed E-state index contributed by atoms with van der Waals surface area (Å²) in [6.07, 6.45) is -2.71. The molecule has 86 valence electrons. The number of hydrazone groups is 1. The van der Waals surface area contributed by atoms with Gasteiger partial charge in [0.25, 0.3) is 6.43 Å². The highest BCUT2D eigenvalue weighted by molar-refractivity contribution is 5.94. The maximum Gasteiger partial charge on any atom is 0.331 e. The summed E-state index contributed by atoms with van der Waals surface area (Å²) in [5.41, 5.74) is 1.42. The lowest BCUT2D eigenvalue weighted by Crippen LogP contribution is -2.37. The zero-order valence-corrected chi connectivity index (χ0v) is 8.88. The molecule has 0 fully saturated rings. The maximum atomic E-state index is 12.2. The first-order valence-corrected chi connectivity index (χ1v) is 4.62. The Balaban J connectivity index is 2.47. The van der Waals surface area contributed by atoms with E-state index < -0.39 is 24.0 Å². The Bertz CT molecular complexity index is 284. The molecule has 0 spiro atoms. The van der Waals surface area contributed by atoms with Crippen molar-refractivity contribution in [2.45, 2.75) is 45.3 Å². The second-order valence-corrected chi connectivity index (χ2v) is 4.32. The van der Waals surface area contributed by atoms with Gasteiger partial charge in [-0.1, -0.05) is 0 Å². The molecule has 1 atom stereocenters.